The van der Waals surface area contributed by atoms with Crippen molar-refractivity contribution >= 4 is 30.7 Å². The van der Waals surface area contributed by atoms with Crippen LogP contribution in [0.2, 0.25) is 0 Å². The van der Waals surface area contributed by atoms with E-state index in [-0.39, 0.29) is 24.8 Å². The van der Waals surface area contributed by atoms with Crippen molar-refractivity contribution < 1.29 is 4.79 Å². The van der Waals surface area contributed by atoms with Gasteiger partial charge in [0.2, 0.25) is 5.91 Å². The Morgan fingerprint density at radius 3 is 2.65 bits per heavy atom. The SMILES string of the molecule is Cl.Cl.O=C1CC(Cn2ccnc2C2[C@H]3CNC[C@@H]23)CN1C1CC1. The van der Waals surface area contributed by atoms with Crippen LogP contribution in [0.4, 0.5) is 0 Å². The number of nitrogens with one attached hydrogen (secondary N) is 1. The summed E-state index contributed by atoms with van der Waals surface area (Å²) in [4.78, 5) is 18.8. The topological polar surface area (TPSA) is 50.2 Å². The Hall–Kier alpha value is -0.780. The number of amides is 1. The van der Waals surface area contributed by atoms with Crippen LogP contribution >= 0.6 is 24.8 Å². The molecule has 0 spiro atoms. The molecule has 7 heteroatoms. The van der Waals surface area contributed by atoms with E-state index in [4.69, 9.17) is 0 Å². The Labute approximate surface area is 149 Å². The molecule has 5 nitrogen and oxygen atoms in total. The minimum absolute atomic E-state index is 0. The largest absolute Gasteiger partial charge is 0.339 e. The van der Waals surface area contributed by atoms with Crippen molar-refractivity contribution in [3.8, 4) is 0 Å². The molecule has 4 fully saturated rings. The van der Waals surface area contributed by atoms with E-state index in [1.54, 1.807) is 0 Å². The molecular weight excluding hydrogens is 335 g/mol. The number of piperidine rings is 1. The van der Waals surface area contributed by atoms with E-state index in [1.807, 2.05) is 6.20 Å². The fourth-order valence-corrected chi connectivity index (χ4v) is 4.52. The summed E-state index contributed by atoms with van der Waals surface area (Å²) in [6, 6.07) is 0.568. The highest BCUT2D eigenvalue weighted by atomic mass is 35.5. The zero-order chi connectivity index (χ0) is 14.0. The first-order valence-electron chi connectivity index (χ1n) is 8.32. The molecule has 5 rings (SSSR count). The third kappa shape index (κ3) is 2.87. The molecule has 0 aromatic carbocycles. The molecule has 3 heterocycles. The van der Waals surface area contributed by atoms with E-state index in [0.29, 0.717) is 23.8 Å². The molecule has 128 valence electrons. The quantitative estimate of drug-likeness (QED) is 0.890. The molecule has 0 bridgehead atoms. The smallest absolute Gasteiger partial charge is 0.223 e. The lowest BCUT2D eigenvalue weighted by atomic mass is 10.1. The van der Waals surface area contributed by atoms with Gasteiger partial charge >= 0.3 is 0 Å². The van der Waals surface area contributed by atoms with Gasteiger partial charge in [-0.25, -0.2) is 4.98 Å². The van der Waals surface area contributed by atoms with Crippen LogP contribution in [-0.4, -0.2) is 46.0 Å². The number of carbonyl (C=O) groups is 1. The molecular formula is C16H24Cl2N4O. The second-order valence-corrected chi connectivity index (χ2v) is 7.30. The number of nitrogens with zero attached hydrogens (tertiary/aromatic N) is 3. The number of halogens is 2. The average Bonchev–Trinajstić information content (AvgIpc) is 3.26. The van der Waals surface area contributed by atoms with Crippen molar-refractivity contribution in [3.63, 3.8) is 0 Å². The molecule has 1 aromatic heterocycles. The van der Waals surface area contributed by atoms with Gasteiger partial charge in [0, 0.05) is 49.8 Å². The Bertz CT molecular complexity index is 578. The number of likely N-dealkylation sites (tertiary alicyclic amines) is 1. The van der Waals surface area contributed by atoms with Crippen LogP contribution in [0.25, 0.3) is 0 Å². The van der Waals surface area contributed by atoms with Crippen molar-refractivity contribution in [1.29, 1.82) is 0 Å². The minimum atomic E-state index is 0. The molecule has 2 aliphatic heterocycles. The minimum Gasteiger partial charge on any atom is -0.339 e. The lowest BCUT2D eigenvalue weighted by molar-refractivity contribution is -0.128. The lowest BCUT2D eigenvalue weighted by Gasteiger charge is -2.16. The summed E-state index contributed by atoms with van der Waals surface area (Å²) in [6.45, 7) is 4.23. The summed E-state index contributed by atoms with van der Waals surface area (Å²) in [7, 11) is 0. The van der Waals surface area contributed by atoms with Gasteiger partial charge in [0.05, 0.1) is 0 Å². The first-order valence-corrected chi connectivity index (χ1v) is 8.32. The second-order valence-electron chi connectivity index (χ2n) is 7.30. The number of hydrogen-bond acceptors (Lipinski definition) is 3. The molecule has 4 aliphatic rings. The van der Waals surface area contributed by atoms with E-state index in [1.165, 1.54) is 18.7 Å². The standard InChI is InChI=1S/C16H22N4O.2ClH/c21-14-5-10(9-20(14)11-1-2-11)8-19-4-3-18-16(19)15-12-6-17-7-13(12)15;;/h3-4,10-13,15,17H,1-2,5-9H2;2*1H/t10?,12-,13+,15?;;. The van der Waals surface area contributed by atoms with Crippen LogP contribution in [0.3, 0.4) is 0 Å². The zero-order valence-electron chi connectivity index (χ0n) is 13.1. The molecule has 4 atom stereocenters. The molecule has 2 saturated heterocycles. The van der Waals surface area contributed by atoms with Crippen molar-refractivity contribution in [2.75, 3.05) is 19.6 Å². The van der Waals surface area contributed by atoms with E-state index in [9.17, 15) is 4.79 Å². The molecule has 2 saturated carbocycles. The lowest BCUT2D eigenvalue weighted by Crippen LogP contribution is -2.27. The first kappa shape index (κ1) is 17.1. The highest BCUT2D eigenvalue weighted by molar-refractivity contribution is 5.85. The molecule has 1 aromatic rings. The molecule has 23 heavy (non-hydrogen) atoms. The van der Waals surface area contributed by atoms with Gasteiger partial charge in [-0.05, 0) is 37.8 Å². The van der Waals surface area contributed by atoms with Crippen molar-refractivity contribution in [1.82, 2.24) is 19.8 Å². The maximum absolute atomic E-state index is 12.1. The fourth-order valence-electron chi connectivity index (χ4n) is 4.52. The normalized spacial score (nSPS) is 34.8. The summed E-state index contributed by atoms with van der Waals surface area (Å²) < 4.78 is 2.33. The van der Waals surface area contributed by atoms with Gasteiger partial charge in [0.25, 0.3) is 0 Å². The van der Waals surface area contributed by atoms with Crippen LogP contribution in [-0.2, 0) is 11.3 Å². The Morgan fingerprint density at radius 2 is 1.96 bits per heavy atom. The van der Waals surface area contributed by atoms with Crippen LogP contribution < -0.4 is 5.32 Å². The van der Waals surface area contributed by atoms with Crippen LogP contribution in [0.5, 0.6) is 0 Å². The zero-order valence-corrected chi connectivity index (χ0v) is 14.7. The van der Waals surface area contributed by atoms with E-state index in [0.717, 1.165) is 44.4 Å². The Kier molecular flexibility index (Phi) is 4.64. The van der Waals surface area contributed by atoms with Crippen molar-refractivity contribution in [2.45, 2.75) is 37.8 Å². The molecule has 2 unspecified atom stereocenters. The van der Waals surface area contributed by atoms with Crippen molar-refractivity contribution in [2.24, 2.45) is 17.8 Å². The monoisotopic (exact) mass is 358 g/mol. The van der Waals surface area contributed by atoms with Crippen LogP contribution in [0.15, 0.2) is 12.4 Å². The van der Waals surface area contributed by atoms with Gasteiger partial charge in [-0.15, -0.1) is 24.8 Å². The van der Waals surface area contributed by atoms with Crippen LogP contribution in [0, 0.1) is 17.8 Å². The average molecular weight is 359 g/mol. The van der Waals surface area contributed by atoms with E-state index >= 15 is 0 Å². The second kappa shape index (κ2) is 6.26. The summed E-state index contributed by atoms with van der Waals surface area (Å²) in [5, 5.41) is 3.45. The number of carbonyl (C=O) groups excluding carboxylic acids is 1. The van der Waals surface area contributed by atoms with Gasteiger partial charge in [0.1, 0.15) is 5.82 Å². The molecule has 0 radical (unpaired) electrons. The third-order valence-corrected chi connectivity index (χ3v) is 5.82. The van der Waals surface area contributed by atoms with Gasteiger partial charge in [0.15, 0.2) is 0 Å². The highest BCUT2D eigenvalue weighted by Gasteiger charge is 2.55. The van der Waals surface area contributed by atoms with Gasteiger partial charge < -0.3 is 14.8 Å². The first-order chi connectivity index (χ1) is 10.3. The maximum Gasteiger partial charge on any atom is 0.223 e. The van der Waals surface area contributed by atoms with Gasteiger partial charge in [-0.2, -0.15) is 0 Å². The number of aromatic nitrogens is 2. The summed E-state index contributed by atoms with van der Waals surface area (Å²) in [5.41, 5.74) is 0. The molecule has 1 amide bonds. The maximum atomic E-state index is 12.1. The number of imidazole rings is 1. The predicted molar refractivity (Wildman–Crippen MR) is 92.2 cm³/mol. The van der Waals surface area contributed by atoms with Gasteiger partial charge in [-0.3, -0.25) is 4.79 Å². The molecule has 1 N–H and O–H groups in total. The highest BCUT2D eigenvalue weighted by Crippen LogP contribution is 2.55. The number of rotatable bonds is 4. The summed E-state index contributed by atoms with van der Waals surface area (Å²) in [5.74, 6) is 4.39. The third-order valence-electron chi connectivity index (χ3n) is 5.82. The van der Waals surface area contributed by atoms with Crippen molar-refractivity contribution in [3.05, 3.63) is 18.2 Å². The number of hydrogen-bond donors (Lipinski definition) is 1. The predicted octanol–water partition coefficient (Wildman–Crippen LogP) is 1.67. The molecule has 2 aliphatic carbocycles. The Balaban J connectivity index is 0.000000781. The van der Waals surface area contributed by atoms with Gasteiger partial charge in [-0.1, -0.05) is 0 Å². The van der Waals surface area contributed by atoms with E-state index in [2.05, 4.69) is 26.0 Å². The van der Waals surface area contributed by atoms with Crippen LogP contribution in [0.1, 0.15) is 31.0 Å². The van der Waals surface area contributed by atoms with E-state index < -0.39 is 0 Å². The summed E-state index contributed by atoms with van der Waals surface area (Å²) >= 11 is 0. The number of fused-ring (bicyclic) bond motifs is 1. The Morgan fingerprint density at radius 1 is 1.22 bits per heavy atom. The fraction of sp³-hybridized carbons (Fsp3) is 0.750. The summed E-state index contributed by atoms with van der Waals surface area (Å²) in [6.07, 6.45) is 7.21.